The molecule has 0 aliphatic heterocycles. The van der Waals surface area contributed by atoms with E-state index in [1.54, 1.807) is 13.2 Å². The summed E-state index contributed by atoms with van der Waals surface area (Å²) in [5.41, 5.74) is 1.73. The number of benzene rings is 1. The highest BCUT2D eigenvalue weighted by atomic mass is 79.9. The maximum absolute atomic E-state index is 6.15. The van der Waals surface area contributed by atoms with Crippen LogP contribution < -0.4 is 10.1 Å². The molecule has 0 fully saturated rings. The molecule has 0 saturated heterocycles. The van der Waals surface area contributed by atoms with Crippen molar-refractivity contribution in [3.8, 4) is 17.1 Å². The topological polar surface area (TPSA) is 47.0 Å². The predicted octanol–water partition coefficient (Wildman–Crippen LogP) is 4.31. The second-order valence-corrected chi connectivity index (χ2v) is 5.38. The van der Waals surface area contributed by atoms with Gasteiger partial charge in [-0.15, -0.1) is 0 Å². The summed E-state index contributed by atoms with van der Waals surface area (Å²) in [6.45, 7) is 4.74. The first-order valence-electron chi connectivity index (χ1n) is 6.18. The number of nitrogens with zero attached hydrogens (tertiary/aromatic N) is 2. The maximum atomic E-state index is 6.15. The van der Waals surface area contributed by atoms with Gasteiger partial charge in [-0.3, -0.25) is 0 Å². The van der Waals surface area contributed by atoms with Crippen LogP contribution in [-0.4, -0.2) is 23.6 Å². The fourth-order valence-electron chi connectivity index (χ4n) is 1.78. The van der Waals surface area contributed by atoms with Crippen molar-refractivity contribution in [2.24, 2.45) is 0 Å². The van der Waals surface area contributed by atoms with Crippen LogP contribution in [0, 0.1) is 6.92 Å². The smallest absolute Gasteiger partial charge is 0.161 e. The molecule has 0 saturated carbocycles. The van der Waals surface area contributed by atoms with E-state index in [9.17, 15) is 0 Å². The van der Waals surface area contributed by atoms with Crippen LogP contribution in [0.1, 0.15) is 12.6 Å². The minimum atomic E-state index is 0.541. The predicted molar refractivity (Wildman–Crippen MR) is 85.6 cm³/mol. The molecule has 0 spiro atoms. The van der Waals surface area contributed by atoms with Gasteiger partial charge in [0.05, 0.1) is 22.3 Å². The Labute approximate surface area is 131 Å². The van der Waals surface area contributed by atoms with Crippen LogP contribution in [0.25, 0.3) is 11.4 Å². The van der Waals surface area contributed by atoms with Crippen LogP contribution in [0.4, 0.5) is 5.82 Å². The van der Waals surface area contributed by atoms with E-state index in [1.165, 1.54) is 0 Å². The zero-order valence-corrected chi connectivity index (χ0v) is 13.8. The van der Waals surface area contributed by atoms with E-state index >= 15 is 0 Å². The molecule has 2 rings (SSSR count). The molecular weight excluding hydrogens is 342 g/mol. The van der Waals surface area contributed by atoms with Crippen molar-refractivity contribution < 1.29 is 4.74 Å². The van der Waals surface area contributed by atoms with E-state index in [-0.39, 0.29) is 0 Å². The molecule has 0 aliphatic carbocycles. The third-order valence-electron chi connectivity index (χ3n) is 2.77. The van der Waals surface area contributed by atoms with Gasteiger partial charge in [0.15, 0.2) is 5.82 Å². The van der Waals surface area contributed by atoms with Gasteiger partial charge >= 0.3 is 0 Å². The Bertz CT molecular complexity index is 634. The molecule has 0 amide bonds. The van der Waals surface area contributed by atoms with E-state index in [1.807, 2.05) is 26.0 Å². The first-order chi connectivity index (χ1) is 9.56. The number of anilines is 1. The second-order valence-electron chi connectivity index (χ2n) is 4.17. The van der Waals surface area contributed by atoms with E-state index in [0.29, 0.717) is 16.6 Å². The molecule has 2 aromatic rings. The van der Waals surface area contributed by atoms with E-state index in [0.717, 1.165) is 28.1 Å². The highest BCUT2D eigenvalue weighted by molar-refractivity contribution is 9.10. The third-order valence-corrected chi connectivity index (χ3v) is 4.02. The number of aromatic nitrogens is 2. The van der Waals surface area contributed by atoms with Crippen molar-refractivity contribution in [2.75, 3.05) is 19.0 Å². The Balaban J connectivity index is 2.49. The lowest BCUT2D eigenvalue weighted by Crippen LogP contribution is -2.04. The third kappa shape index (κ3) is 3.04. The van der Waals surface area contributed by atoms with Gasteiger partial charge < -0.3 is 10.1 Å². The zero-order valence-electron chi connectivity index (χ0n) is 11.5. The molecule has 0 aliphatic rings. The highest BCUT2D eigenvalue weighted by Crippen LogP contribution is 2.31. The summed E-state index contributed by atoms with van der Waals surface area (Å²) in [6, 6.07) is 5.51. The number of hydrogen-bond donors (Lipinski definition) is 1. The summed E-state index contributed by atoms with van der Waals surface area (Å²) >= 11 is 9.64. The normalized spacial score (nSPS) is 10.4. The van der Waals surface area contributed by atoms with Gasteiger partial charge in [0, 0.05) is 12.1 Å². The van der Waals surface area contributed by atoms with Gasteiger partial charge in [0.2, 0.25) is 0 Å². The van der Waals surface area contributed by atoms with Gasteiger partial charge in [-0.2, -0.15) is 0 Å². The minimum Gasteiger partial charge on any atom is -0.495 e. The van der Waals surface area contributed by atoms with Crippen molar-refractivity contribution in [3.63, 3.8) is 0 Å². The first-order valence-corrected chi connectivity index (χ1v) is 7.35. The SMILES string of the molecule is CCNc1nc(-c2ccc(OC)c(Cl)c2)nc(C)c1Br. The fourth-order valence-corrected chi connectivity index (χ4v) is 2.35. The van der Waals surface area contributed by atoms with Crippen LogP contribution in [-0.2, 0) is 0 Å². The van der Waals surface area contributed by atoms with Gasteiger partial charge in [0.1, 0.15) is 11.6 Å². The molecule has 106 valence electrons. The Kier molecular flexibility index (Phi) is 4.83. The summed E-state index contributed by atoms with van der Waals surface area (Å²) in [6.07, 6.45) is 0. The molecule has 0 unspecified atom stereocenters. The lowest BCUT2D eigenvalue weighted by atomic mass is 10.2. The number of hydrogen-bond acceptors (Lipinski definition) is 4. The number of rotatable bonds is 4. The van der Waals surface area contributed by atoms with Crippen LogP contribution in [0.3, 0.4) is 0 Å². The molecule has 1 heterocycles. The molecule has 0 atom stereocenters. The molecule has 0 radical (unpaired) electrons. The number of nitrogens with one attached hydrogen (secondary N) is 1. The molecule has 0 bridgehead atoms. The van der Waals surface area contributed by atoms with Gasteiger partial charge in [-0.05, 0) is 48.0 Å². The van der Waals surface area contributed by atoms with Crippen molar-refractivity contribution >= 4 is 33.3 Å². The standard InChI is InChI=1S/C14H15BrClN3O/c1-4-17-14-12(15)8(2)18-13(19-14)9-5-6-11(20-3)10(16)7-9/h5-7H,4H2,1-3H3,(H,17,18,19). The van der Waals surface area contributed by atoms with Crippen LogP contribution in [0.5, 0.6) is 5.75 Å². The molecule has 1 aromatic carbocycles. The zero-order chi connectivity index (χ0) is 14.7. The summed E-state index contributed by atoms with van der Waals surface area (Å²) in [5, 5.41) is 3.75. The number of halogens is 2. The number of aryl methyl sites for hydroxylation is 1. The monoisotopic (exact) mass is 355 g/mol. The average Bonchev–Trinajstić information content (AvgIpc) is 2.43. The minimum absolute atomic E-state index is 0.541. The van der Waals surface area contributed by atoms with Crippen molar-refractivity contribution in [2.45, 2.75) is 13.8 Å². The van der Waals surface area contributed by atoms with Gasteiger partial charge in [-0.25, -0.2) is 9.97 Å². The van der Waals surface area contributed by atoms with E-state index in [2.05, 4.69) is 31.2 Å². The van der Waals surface area contributed by atoms with Crippen molar-refractivity contribution in [1.29, 1.82) is 0 Å². The Morgan fingerprint density at radius 2 is 2.10 bits per heavy atom. The van der Waals surface area contributed by atoms with E-state index < -0.39 is 0 Å². The summed E-state index contributed by atoms with van der Waals surface area (Å²) < 4.78 is 6.03. The quantitative estimate of drug-likeness (QED) is 0.887. The summed E-state index contributed by atoms with van der Waals surface area (Å²) in [7, 11) is 1.59. The lowest BCUT2D eigenvalue weighted by Gasteiger charge is -2.11. The average molecular weight is 357 g/mol. The first kappa shape index (κ1) is 15.1. The van der Waals surface area contributed by atoms with Crippen molar-refractivity contribution in [3.05, 3.63) is 33.4 Å². The molecule has 6 heteroatoms. The number of methoxy groups -OCH3 is 1. The van der Waals surface area contributed by atoms with Crippen molar-refractivity contribution in [1.82, 2.24) is 9.97 Å². The molecular formula is C14H15BrClN3O. The van der Waals surface area contributed by atoms with E-state index in [4.69, 9.17) is 16.3 Å². The molecule has 1 N–H and O–H groups in total. The largest absolute Gasteiger partial charge is 0.495 e. The molecule has 4 nitrogen and oxygen atoms in total. The summed E-state index contributed by atoms with van der Waals surface area (Å²) in [4.78, 5) is 9.01. The Morgan fingerprint density at radius 3 is 2.70 bits per heavy atom. The van der Waals surface area contributed by atoms with Crippen LogP contribution in [0.2, 0.25) is 5.02 Å². The van der Waals surface area contributed by atoms with Crippen LogP contribution >= 0.6 is 27.5 Å². The fraction of sp³-hybridized carbons (Fsp3) is 0.286. The van der Waals surface area contributed by atoms with Crippen LogP contribution in [0.15, 0.2) is 22.7 Å². The highest BCUT2D eigenvalue weighted by Gasteiger charge is 2.11. The Morgan fingerprint density at radius 1 is 1.35 bits per heavy atom. The lowest BCUT2D eigenvalue weighted by molar-refractivity contribution is 0.415. The second kappa shape index (κ2) is 6.41. The maximum Gasteiger partial charge on any atom is 0.161 e. The Hall–Kier alpha value is -1.33. The summed E-state index contributed by atoms with van der Waals surface area (Å²) in [5.74, 6) is 2.05. The van der Waals surface area contributed by atoms with Gasteiger partial charge in [0.25, 0.3) is 0 Å². The van der Waals surface area contributed by atoms with Gasteiger partial charge in [-0.1, -0.05) is 11.6 Å². The molecule has 1 aromatic heterocycles. The number of ether oxygens (including phenoxy) is 1. The molecule has 20 heavy (non-hydrogen) atoms.